The van der Waals surface area contributed by atoms with Gasteiger partial charge in [-0.25, -0.2) is 0 Å². The first-order valence-electron chi connectivity index (χ1n) is 7.01. The van der Waals surface area contributed by atoms with Crippen molar-refractivity contribution in [2.45, 2.75) is 20.4 Å². The fraction of sp³-hybridized carbons (Fsp3) is 0.235. The summed E-state index contributed by atoms with van der Waals surface area (Å²) < 4.78 is 0. The molecule has 0 radical (unpaired) electrons. The van der Waals surface area contributed by atoms with Crippen LogP contribution in [0.15, 0.2) is 42.5 Å². The van der Waals surface area contributed by atoms with Crippen molar-refractivity contribution in [1.29, 1.82) is 0 Å². The molecular weight excluding hydrogens is 264 g/mol. The Kier molecular flexibility index (Phi) is 4.82. The van der Waals surface area contributed by atoms with Crippen molar-refractivity contribution in [3.8, 4) is 5.75 Å². The van der Waals surface area contributed by atoms with Gasteiger partial charge < -0.3 is 15.7 Å². The van der Waals surface area contributed by atoms with Crippen LogP contribution >= 0.6 is 0 Å². The highest BCUT2D eigenvalue weighted by Crippen LogP contribution is 2.22. The maximum Gasteiger partial charge on any atom is 0.251 e. The molecule has 0 atom stereocenters. The van der Waals surface area contributed by atoms with Crippen LogP contribution in [0, 0.1) is 6.92 Å². The van der Waals surface area contributed by atoms with Gasteiger partial charge in [-0.2, -0.15) is 0 Å². The smallest absolute Gasteiger partial charge is 0.251 e. The molecule has 0 fully saturated rings. The SMILES string of the molecule is CCNC(=O)c1ccc(NCc2cccc(C)c2O)cc1. The van der Waals surface area contributed by atoms with E-state index in [1.165, 1.54) is 0 Å². The number of phenols is 1. The summed E-state index contributed by atoms with van der Waals surface area (Å²) >= 11 is 0. The Balaban J connectivity index is 2.01. The average molecular weight is 284 g/mol. The standard InChI is InChI=1S/C17H20N2O2/c1-3-18-17(21)13-7-9-15(10-8-13)19-11-14-6-4-5-12(2)16(14)20/h4-10,19-20H,3,11H2,1-2H3,(H,18,21). The van der Waals surface area contributed by atoms with Crippen LogP contribution in [0.25, 0.3) is 0 Å². The largest absolute Gasteiger partial charge is 0.507 e. The first-order chi connectivity index (χ1) is 10.1. The lowest BCUT2D eigenvalue weighted by molar-refractivity contribution is 0.0956. The summed E-state index contributed by atoms with van der Waals surface area (Å²) in [6.45, 7) is 4.92. The number of benzene rings is 2. The molecular formula is C17H20N2O2. The van der Waals surface area contributed by atoms with Gasteiger partial charge in [0.1, 0.15) is 5.75 Å². The molecule has 21 heavy (non-hydrogen) atoms. The Labute approximate surface area is 124 Å². The number of anilines is 1. The van der Waals surface area contributed by atoms with Crippen LogP contribution in [0.4, 0.5) is 5.69 Å². The van der Waals surface area contributed by atoms with Crippen molar-refractivity contribution < 1.29 is 9.90 Å². The highest BCUT2D eigenvalue weighted by molar-refractivity contribution is 5.94. The molecule has 3 N–H and O–H groups in total. The summed E-state index contributed by atoms with van der Waals surface area (Å²) in [7, 11) is 0. The quantitative estimate of drug-likeness (QED) is 0.790. The molecule has 0 aliphatic heterocycles. The minimum Gasteiger partial charge on any atom is -0.507 e. The van der Waals surface area contributed by atoms with Gasteiger partial charge in [0.15, 0.2) is 0 Å². The molecule has 0 saturated heterocycles. The Morgan fingerprint density at radius 1 is 1.14 bits per heavy atom. The molecule has 2 aromatic carbocycles. The van der Waals surface area contributed by atoms with Gasteiger partial charge >= 0.3 is 0 Å². The maximum atomic E-state index is 11.7. The average Bonchev–Trinajstić information content (AvgIpc) is 2.49. The lowest BCUT2D eigenvalue weighted by Gasteiger charge is -2.10. The van der Waals surface area contributed by atoms with Gasteiger partial charge in [-0.15, -0.1) is 0 Å². The van der Waals surface area contributed by atoms with Crippen LogP contribution in [-0.4, -0.2) is 17.6 Å². The van der Waals surface area contributed by atoms with E-state index in [-0.39, 0.29) is 5.91 Å². The molecule has 0 spiro atoms. The topological polar surface area (TPSA) is 61.4 Å². The maximum absolute atomic E-state index is 11.7. The first-order valence-corrected chi connectivity index (χ1v) is 7.01. The summed E-state index contributed by atoms with van der Waals surface area (Å²) in [5, 5.41) is 16.0. The summed E-state index contributed by atoms with van der Waals surface area (Å²) in [5.74, 6) is 0.254. The third-order valence-electron chi connectivity index (χ3n) is 3.29. The van der Waals surface area contributed by atoms with E-state index in [4.69, 9.17) is 0 Å². The molecule has 4 nitrogen and oxygen atoms in total. The second-order valence-corrected chi connectivity index (χ2v) is 4.87. The fourth-order valence-corrected chi connectivity index (χ4v) is 2.06. The normalized spacial score (nSPS) is 10.2. The third-order valence-corrected chi connectivity index (χ3v) is 3.29. The van der Waals surface area contributed by atoms with E-state index in [2.05, 4.69) is 10.6 Å². The first kappa shape index (κ1) is 14.9. The van der Waals surface area contributed by atoms with Gasteiger partial charge in [-0.05, 0) is 43.7 Å². The van der Waals surface area contributed by atoms with Crippen molar-refractivity contribution >= 4 is 11.6 Å². The molecule has 0 unspecified atom stereocenters. The number of carbonyl (C=O) groups is 1. The molecule has 2 aromatic rings. The number of amides is 1. The number of hydrogen-bond acceptors (Lipinski definition) is 3. The minimum atomic E-state index is -0.0691. The predicted octanol–water partition coefficient (Wildman–Crippen LogP) is 3.06. The predicted molar refractivity (Wildman–Crippen MR) is 84.6 cm³/mol. The molecule has 110 valence electrons. The highest BCUT2D eigenvalue weighted by atomic mass is 16.3. The zero-order valence-electron chi connectivity index (χ0n) is 12.3. The van der Waals surface area contributed by atoms with Gasteiger partial charge in [0.25, 0.3) is 5.91 Å². The van der Waals surface area contributed by atoms with E-state index in [0.29, 0.717) is 24.4 Å². The zero-order valence-corrected chi connectivity index (χ0v) is 12.3. The van der Waals surface area contributed by atoms with Crippen LogP contribution < -0.4 is 10.6 Å². The lowest BCUT2D eigenvalue weighted by Crippen LogP contribution is -2.22. The van der Waals surface area contributed by atoms with E-state index < -0.39 is 0 Å². The summed E-state index contributed by atoms with van der Waals surface area (Å²) in [6, 6.07) is 13.0. The van der Waals surface area contributed by atoms with Gasteiger partial charge in [0, 0.05) is 29.9 Å². The van der Waals surface area contributed by atoms with Gasteiger partial charge in [0.05, 0.1) is 0 Å². The minimum absolute atomic E-state index is 0.0691. The van der Waals surface area contributed by atoms with Crippen LogP contribution in [0.3, 0.4) is 0 Å². The summed E-state index contributed by atoms with van der Waals surface area (Å²) in [4.78, 5) is 11.7. The van der Waals surface area contributed by atoms with Crippen LogP contribution in [0.2, 0.25) is 0 Å². The third kappa shape index (κ3) is 3.75. The monoisotopic (exact) mass is 284 g/mol. The van der Waals surface area contributed by atoms with E-state index in [1.54, 1.807) is 12.1 Å². The van der Waals surface area contributed by atoms with Crippen molar-refractivity contribution in [2.24, 2.45) is 0 Å². The molecule has 4 heteroatoms. The molecule has 0 aliphatic carbocycles. The summed E-state index contributed by atoms with van der Waals surface area (Å²) in [6.07, 6.45) is 0. The molecule has 0 aliphatic rings. The van der Waals surface area contributed by atoms with E-state index in [9.17, 15) is 9.90 Å². The van der Waals surface area contributed by atoms with Crippen molar-refractivity contribution in [2.75, 3.05) is 11.9 Å². The Bertz CT molecular complexity index is 621. The number of carbonyl (C=O) groups excluding carboxylic acids is 1. The number of aromatic hydroxyl groups is 1. The molecule has 2 rings (SSSR count). The number of phenolic OH excluding ortho intramolecular Hbond substituents is 1. The lowest BCUT2D eigenvalue weighted by atomic mass is 10.1. The van der Waals surface area contributed by atoms with Gasteiger partial charge in [0.2, 0.25) is 0 Å². The van der Waals surface area contributed by atoms with Gasteiger partial charge in [-0.3, -0.25) is 4.79 Å². The van der Waals surface area contributed by atoms with Crippen molar-refractivity contribution in [3.63, 3.8) is 0 Å². The van der Waals surface area contributed by atoms with Crippen LogP contribution in [-0.2, 0) is 6.54 Å². The van der Waals surface area contributed by atoms with Gasteiger partial charge in [-0.1, -0.05) is 18.2 Å². The van der Waals surface area contributed by atoms with E-state index in [0.717, 1.165) is 16.8 Å². The molecule has 0 aromatic heterocycles. The highest BCUT2D eigenvalue weighted by Gasteiger charge is 2.05. The van der Waals surface area contributed by atoms with Crippen LogP contribution in [0.5, 0.6) is 5.75 Å². The van der Waals surface area contributed by atoms with E-state index in [1.807, 2.05) is 44.2 Å². The second-order valence-electron chi connectivity index (χ2n) is 4.87. The molecule has 0 saturated carbocycles. The second kappa shape index (κ2) is 6.79. The number of rotatable bonds is 5. The number of nitrogens with one attached hydrogen (secondary N) is 2. The van der Waals surface area contributed by atoms with Crippen molar-refractivity contribution in [3.05, 3.63) is 59.2 Å². The van der Waals surface area contributed by atoms with E-state index >= 15 is 0 Å². The Hall–Kier alpha value is -2.49. The molecule has 0 heterocycles. The van der Waals surface area contributed by atoms with Crippen LogP contribution in [0.1, 0.15) is 28.4 Å². The summed E-state index contributed by atoms with van der Waals surface area (Å²) in [5.41, 5.74) is 3.26. The zero-order chi connectivity index (χ0) is 15.2. The number of hydrogen-bond donors (Lipinski definition) is 3. The Morgan fingerprint density at radius 3 is 2.52 bits per heavy atom. The fourth-order valence-electron chi connectivity index (χ4n) is 2.06. The number of para-hydroxylation sites is 1. The van der Waals surface area contributed by atoms with Crippen molar-refractivity contribution in [1.82, 2.24) is 5.32 Å². The Morgan fingerprint density at radius 2 is 1.86 bits per heavy atom. The molecule has 1 amide bonds. The molecule has 0 bridgehead atoms. The number of aryl methyl sites for hydroxylation is 1.